The standard InChI is InChI=1S/C41H67NO3/c1-11-25-42(26-12-2)27-13-14-34(44)41-22-17-30(28(3)4)36(41)31-15-16-33-38(8)20-19-35(45-29(5)43)37(6,7)32(38)18-21-40(33,10)39(31,9)23-24-41/h30-36,44H,3,11-12,15-27H2,1-2,4-10H3/t30-,31+,32-,33+,34-,35-,36+,38-,39+,40+,41+/m0/s1. The molecule has 0 aromatic heterocycles. The average molecular weight is 622 g/mol. The smallest absolute Gasteiger partial charge is 0.302 e. The van der Waals surface area contributed by atoms with Gasteiger partial charge in [-0.1, -0.05) is 72.5 Å². The number of aliphatic hydroxyl groups is 1. The Balaban J connectivity index is 1.45. The Bertz CT molecular complexity index is 1170. The third-order valence-corrected chi connectivity index (χ3v) is 15.5. The summed E-state index contributed by atoms with van der Waals surface area (Å²) in [7, 11) is 0. The minimum atomic E-state index is -0.558. The van der Waals surface area contributed by atoms with E-state index >= 15 is 0 Å². The van der Waals surface area contributed by atoms with E-state index in [-0.39, 0.29) is 39.1 Å². The molecule has 45 heavy (non-hydrogen) atoms. The number of fused-ring (bicyclic) bond motifs is 7. The van der Waals surface area contributed by atoms with Gasteiger partial charge in [-0.25, -0.2) is 0 Å². The van der Waals surface area contributed by atoms with Crippen LogP contribution in [0.4, 0.5) is 0 Å². The van der Waals surface area contributed by atoms with Gasteiger partial charge in [0.05, 0.1) is 6.54 Å². The number of hydrogen-bond donors (Lipinski definition) is 1. The van der Waals surface area contributed by atoms with E-state index in [0.29, 0.717) is 29.6 Å². The van der Waals surface area contributed by atoms with E-state index in [2.05, 4.69) is 78.7 Å². The molecule has 4 nitrogen and oxygen atoms in total. The molecule has 0 heterocycles. The average Bonchev–Trinajstić information content (AvgIpc) is 3.36. The number of hydrogen-bond acceptors (Lipinski definition) is 4. The molecule has 0 unspecified atom stereocenters. The van der Waals surface area contributed by atoms with Crippen LogP contribution in [-0.2, 0) is 9.53 Å². The van der Waals surface area contributed by atoms with E-state index in [0.717, 1.165) is 64.6 Å². The van der Waals surface area contributed by atoms with Crippen LogP contribution in [0.25, 0.3) is 0 Å². The maximum Gasteiger partial charge on any atom is 0.302 e. The lowest BCUT2D eigenvalue weighted by atomic mass is 9.32. The molecule has 254 valence electrons. The van der Waals surface area contributed by atoms with Gasteiger partial charge in [0.1, 0.15) is 12.2 Å². The Morgan fingerprint density at radius 1 is 0.889 bits per heavy atom. The maximum absolute atomic E-state index is 12.1. The first-order valence-electron chi connectivity index (χ1n) is 18.8. The maximum atomic E-state index is 12.1. The fourth-order valence-electron chi connectivity index (χ4n) is 13.4. The van der Waals surface area contributed by atoms with Crippen molar-refractivity contribution < 1.29 is 14.6 Å². The SMILES string of the molecule is C=C(C)[C@@H]1CC[C@]2([C@@H](O)C#CCN(CCC)CCC)CC[C@]3(C)[C@H](CC[C@@H]4[C@@]5(C)CC[C@H](OC(C)=O)C(C)(C)[C@@H]5CC[C@]43C)[C@@H]12. The highest BCUT2D eigenvalue weighted by Gasteiger charge is 2.71. The van der Waals surface area contributed by atoms with Gasteiger partial charge in [-0.3, -0.25) is 9.69 Å². The third-order valence-electron chi connectivity index (χ3n) is 15.5. The molecule has 0 aromatic rings. The molecule has 5 rings (SSSR count). The number of carbonyl (C=O) groups excluding carboxylic acids is 1. The Kier molecular flexibility index (Phi) is 9.81. The Morgan fingerprint density at radius 2 is 1.58 bits per heavy atom. The van der Waals surface area contributed by atoms with Gasteiger partial charge in [0.15, 0.2) is 0 Å². The van der Waals surface area contributed by atoms with Crippen molar-refractivity contribution in [2.45, 2.75) is 152 Å². The molecular formula is C41H67NO3. The van der Waals surface area contributed by atoms with E-state index in [1.165, 1.54) is 37.7 Å². The summed E-state index contributed by atoms with van der Waals surface area (Å²) in [5.74, 6) is 9.57. The topological polar surface area (TPSA) is 49.8 Å². The summed E-state index contributed by atoms with van der Waals surface area (Å²) in [6.07, 6.45) is 13.4. The summed E-state index contributed by atoms with van der Waals surface area (Å²) in [5, 5.41) is 12.1. The van der Waals surface area contributed by atoms with Crippen molar-refractivity contribution in [3.8, 4) is 11.8 Å². The fraction of sp³-hybridized carbons (Fsp3) is 0.878. The van der Waals surface area contributed by atoms with Crippen molar-refractivity contribution >= 4 is 5.97 Å². The Morgan fingerprint density at radius 3 is 2.20 bits per heavy atom. The van der Waals surface area contributed by atoms with Crippen molar-refractivity contribution in [2.24, 2.45) is 56.7 Å². The highest BCUT2D eigenvalue weighted by Crippen LogP contribution is 2.78. The summed E-state index contributed by atoms with van der Waals surface area (Å²) < 4.78 is 5.96. The molecule has 0 saturated heterocycles. The van der Waals surface area contributed by atoms with Crippen LogP contribution in [0, 0.1) is 68.5 Å². The zero-order chi connectivity index (χ0) is 33.0. The fourth-order valence-corrected chi connectivity index (χ4v) is 13.4. The molecule has 0 amide bonds. The molecule has 5 saturated carbocycles. The largest absolute Gasteiger partial charge is 0.462 e. The summed E-state index contributed by atoms with van der Waals surface area (Å²) in [6.45, 7) is 28.5. The minimum Gasteiger partial charge on any atom is -0.462 e. The predicted octanol–water partition coefficient (Wildman–Crippen LogP) is 9.06. The Hall–Kier alpha value is -1.31. The van der Waals surface area contributed by atoms with E-state index in [1.54, 1.807) is 6.92 Å². The number of aliphatic hydroxyl groups excluding tert-OH is 1. The molecule has 11 atom stereocenters. The lowest BCUT2D eigenvalue weighted by Crippen LogP contribution is -2.67. The summed E-state index contributed by atoms with van der Waals surface area (Å²) in [4.78, 5) is 14.5. The van der Waals surface area contributed by atoms with E-state index in [4.69, 9.17) is 4.74 Å². The van der Waals surface area contributed by atoms with E-state index < -0.39 is 6.10 Å². The van der Waals surface area contributed by atoms with Crippen LogP contribution in [0.2, 0.25) is 0 Å². The molecule has 5 aliphatic rings. The van der Waals surface area contributed by atoms with Gasteiger partial charge in [-0.2, -0.15) is 0 Å². The molecule has 5 aliphatic carbocycles. The van der Waals surface area contributed by atoms with Crippen LogP contribution >= 0.6 is 0 Å². The van der Waals surface area contributed by atoms with Crippen molar-refractivity contribution in [1.29, 1.82) is 0 Å². The highest BCUT2D eigenvalue weighted by atomic mass is 16.5. The number of ether oxygens (including phenoxy) is 1. The van der Waals surface area contributed by atoms with Gasteiger partial charge in [0.2, 0.25) is 0 Å². The van der Waals surface area contributed by atoms with Crippen molar-refractivity contribution in [3.05, 3.63) is 12.2 Å². The van der Waals surface area contributed by atoms with Crippen LogP contribution in [-0.4, -0.2) is 47.8 Å². The molecule has 1 N–H and O–H groups in total. The van der Waals surface area contributed by atoms with Gasteiger partial charge >= 0.3 is 5.97 Å². The van der Waals surface area contributed by atoms with Gasteiger partial charge < -0.3 is 9.84 Å². The lowest BCUT2D eigenvalue weighted by Gasteiger charge is -2.73. The zero-order valence-electron chi connectivity index (χ0n) is 30.6. The molecule has 0 aromatic carbocycles. The number of nitrogens with zero attached hydrogens (tertiary/aromatic N) is 1. The van der Waals surface area contributed by atoms with Gasteiger partial charge in [-0.05, 0) is 143 Å². The van der Waals surface area contributed by atoms with Gasteiger partial charge in [0.25, 0.3) is 0 Å². The highest BCUT2D eigenvalue weighted by molar-refractivity contribution is 5.66. The second-order valence-corrected chi connectivity index (χ2v) is 17.9. The normalized spacial score (nSPS) is 44.0. The molecule has 5 fully saturated rings. The summed E-state index contributed by atoms with van der Waals surface area (Å²) >= 11 is 0. The molecule has 0 radical (unpaired) electrons. The molecule has 0 aliphatic heterocycles. The Labute approximate surface area is 276 Å². The first-order valence-corrected chi connectivity index (χ1v) is 18.8. The van der Waals surface area contributed by atoms with Crippen LogP contribution in [0.3, 0.4) is 0 Å². The quantitative estimate of drug-likeness (QED) is 0.167. The van der Waals surface area contributed by atoms with Crippen LogP contribution in [0.15, 0.2) is 12.2 Å². The molecule has 4 heteroatoms. The van der Waals surface area contributed by atoms with Crippen molar-refractivity contribution in [2.75, 3.05) is 19.6 Å². The van der Waals surface area contributed by atoms with Crippen LogP contribution in [0.1, 0.15) is 139 Å². The predicted molar refractivity (Wildman–Crippen MR) is 185 cm³/mol. The molecule has 0 spiro atoms. The van der Waals surface area contributed by atoms with Gasteiger partial charge in [-0.15, -0.1) is 0 Å². The van der Waals surface area contributed by atoms with Crippen molar-refractivity contribution in [1.82, 2.24) is 4.90 Å². The second kappa shape index (κ2) is 12.6. The number of allylic oxidation sites excluding steroid dienone is 1. The first kappa shape index (κ1) is 35.0. The first-order chi connectivity index (χ1) is 21.1. The minimum absolute atomic E-state index is 0.0113. The van der Waals surface area contributed by atoms with Gasteiger partial charge in [0, 0.05) is 17.8 Å². The van der Waals surface area contributed by atoms with Crippen LogP contribution in [0.5, 0.6) is 0 Å². The number of rotatable bonds is 8. The van der Waals surface area contributed by atoms with Crippen LogP contribution < -0.4 is 0 Å². The van der Waals surface area contributed by atoms with E-state index in [1.807, 2.05) is 0 Å². The number of esters is 1. The summed E-state index contributed by atoms with van der Waals surface area (Å²) in [5.41, 5.74) is 1.94. The lowest BCUT2D eigenvalue weighted by molar-refractivity contribution is -0.253. The third kappa shape index (κ3) is 5.47. The molecule has 0 bridgehead atoms. The number of carbonyl (C=O) groups is 1. The molecular weight excluding hydrogens is 554 g/mol. The second-order valence-electron chi connectivity index (χ2n) is 17.9. The summed E-state index contributed by atoms with van der Waals surface area (Å²) in [6, 6.07) is 0. The van der Waals surface area contributed by atoms with E-state index in [9.17, 15) is 9.90 Å². The zero-order valence-corrected chi connectivity index (χ0v) is 30.6. The monoisotopic (exact) mass is 622 g/mol. The van der Waals surface area contributed by atoms with Crippen molar-refractivity contribution in [3.63, 3.8) is 0 Å².